The molecule has 11 heteroatoms. The second-order valence-corrected chi connectivity index (χ2v) is 8.42. The summed E-state index contributed by atoms with van der Waals surface area (Å²) in [6.45, 7) is 3.91. The largest absolute Gasteiger partial charge is 0.374 e. The SMILES string of the molecule is CN1C(=O)C2CN(C(=O)C(COCc3ccccc3)NC(=O)C(C)(C)N)CCN2C1=O.Cl. The maximum Gasteiger partial charge on any atom is 0.327 e. The first-order valence-electron chi connectivity index (χ1n) is 10.2. The molecular weight excluding hydrogens is 438 g/mol. The standard InChI is InChI=1S/C21H29N5O5.ClH/c1-21(2,22)19(29)23-15(13-31-12-14-7-5-4-6-8-14)17(27)25-9-10-26-16(11-25)18(28)24(3)20(26)30;/h4-8,15-16H,9-13,22H2,1-3H3,(H,23,29);1H. The molecule has 10 nitrogen and oxygen atoms in total. The van der Waals surface area contributed by atoms with Crippen LogP contribution in [-0.4, -0.2) is 89.4 Å². The van der Waals surface area contributed by atoms with Crippen molar-refractivity contribution in [3.05, 3.63) is 35.9 Å². The first-order chi connectivity index (χ1) is 14.6. The van der Waals surface area contributed by atoms with Gasteiger partial charge in [0.25, 0.3) is 5.91 Å². The van der Waals surface area contributed by atoms with Crippen molar-refractivity contribution < 1.29 is 23.9 Å². The molecule has 3 N–H and O–H groups in total. The van der Waals surface area contributed by atoms with Crippen LogP contribution in [0.25, 0.3) is 0 Å². The van der Waals surface area contributed by atoms with Gasteiger partial charge in [-0.15, -0.1) is 12.4 Å². The van der Waals surface area contributed by atoms with Crippen LogP contribution in [0.3, 0.4) is 0 Å². The van der Waals surface area contributed by atoms with Crippen molar-refractivity contribution in [1.82, 2.24) is 20.0 Å². The summed E-state index contributed by atoms with van der Waals surface area (Å²) < 4.78 is 5.71. The van der Waals surface area contributed by atoms with Gasteiger partial charge in [0.2, 0.25) is 11.8 Å². The molecule has 2 aliphatic heterocycles. The monoisotopic (exact) mass is 467 g/mol. The van der Waals surface area contributed by atoms with Crippen LogP contribution in [0.5, 0.6) is 0 Å². The minimum atomic E-state index is -1.17. The molecule has 1 aromatic carbocycles. The highest BCUT2D eigenvalue weighted by atomic mass is 35.5. The number of ether oxygens (including phenoxy) is 1. The predicted molar refractivity (Wildman–Crippen MR) is 119 cm³/mol. The van der Waals surface area contributed by atoms with E-state index in [0.717, 1.165) is 10.5 Å². The number of carbonyl (C=O) groups excluding carboxylic acids is 4. The Morgan fingerprint density at radius 2 is 1.88 bits per heavy atom. The molecule has 1 aromatic rings. The third-order valence-electron chi connectivity index (χ3n) is 5.43. The van der Waals surface area contributed by atoms with Crippen LogP contribution in [0.15, 0.2) is 30.3 Å². The van der Waals surface area contributed by atoms with E-state index in [9.17, 15) is 19.2 Å². The number of urea groups is 1. The summed E-state index contributed by atoms with van der Waals surface area (Å²) in [6.07, 6.45) is 0. The number of hydrogen-bond donors (Lipinski definition) is 2. The van der Waals surface area contributed by atoms with Crippen molar-refractivity contribution in [1.29, 1.82) is 0 Å². The topological polar surface area (TPSA) is 125 Å². The Bertz CT molecular complexity index is 860. The molecule has 3 rings (SSSR count). The fourth-order valence-corrected chi connectivity index (χ4v) is 3.54. The Morgan fingerprint density at radius 1 is 1.22 bits per heavy atom. The van der Waals surface area contributed by atoms with E-state index in [1.54, 1.807) is 13.8 Å². The van der Waals surface area contributed by atoms with Crippen molar-refractivity contribution in [2.24, 2.45) is 5.73 Å². The van der Waals surface area contributed by atoms with Crippen LogP contribution in [0.4, 0.5) is 4.79 Å². The molecule has 0 saturated carbocycles. The zero-order chi connectivity index (χ0) is 22.8. The second kappa shape index (κ2) is 10.3. The molecule has 0 bridgehead atoms. The van der Waals surface area contributed by atoms with Gasteiger partial charge >= 0.3 is 6.03 Å². The van der Waals surface area contributed by atoms with E-state index in [0.29, 0.717) is 0 Å². The Balaban J connectivity index is 0.00000363. The van der Waals surface area contributed by atoms with Crippen LogP contribution in [0.2, 0.25) is 0 Å². The second-order valence-electron chi connectivity index (χ2n) is 8.42. The van der Waals surface area contributed by atoms with Gasteiger partial charge in [0.05, 0.1) is 25.3 Å². The Hall–Kier alpha value is -2.69. The van der Waals surface area contributed by atoms with E-state index in [4.69, 9.17) is 10.5 Å². The number of halogens is 1. The van der Waals surface area contributed by atoms with E-state index in [1.165, 1.54) is 16.8 Å². The average molecular weight is 468 g/mol. The molecule has 2 atom stereocenters. The molecule has 32 heavy (non-hydrogen) atoms. The number of likely N-dealkylation sites (N-methyl/N-ethyl adjacent to an activating group) is 1. The minimum Gasteiger partial charge on any atom is -0.374 e. The highest BCUT2D eigenvalue weighted by molar-refractivity contribution is 6.04. The van der Waals surface area contributed by atoms with Crippen molar-refractivity contribution in [2.75, 3.05) is 33.3 Å². The van der Waals surface area contributed by atoms with E-state index < -0.39 is 23.5 Å². The lowest BCUT2D eigenvalue weighted by Gasteiger charge is -2.37. The molecule has 5 amide bonds. The number of carbonyl (C=O) groups is 4. The van der Waals surface area contributed by atoms with Gasteiger partial charge in [-0.2, -0.15) is 0 Å². The number of piperazine rings is 1. The fraction of sp³-hybridized carbons (Fsp3) is 0.524. The van der Waals surface area contributed by atoms with Crippen LogP contribution in [0, 0.1) is 0 Å². The van der Waals surface area contributed by atoms with Crippen molar-refractivity contribution in [3.63, 3.8) is 0 Å². The summed E-state index contributed by atoms with van der Waals surface area (Å²) in [4.78, 5) is 54.2. The normalized spacial score (nSPS) is 19.4. The molecule has 0 aliphatic carbocycles. The summed E-state index contributed by atoms with van der Waals surface area (Å²) in [6, 6.07) is 7.44. The van der Waals surface area contributed by atoms with Gasteiger partial charge in [-0.1, -0.05) is 30.3 Å². The number of benzene rings is 1. The third-order valence-corrected chi connectivity index (χ3v) is 5.43. The van der Waals surface area contributed by atoms with Crippen LogP contribution < -0.4 is 11.1 Å². The average Bonchev–Trinajstić information content (AvgIpc) is 2.96. The molecule has 176 valence electrons. The zero-order valence-corrected chi connectivity index (χ0v) is 19.3. The lowest BCUT2D eigenvalue weighted by Crippen LogP contribution is -2.61. The van der Waals surface area contributed by atoms with E-state index in [2.05, 4.69) is 5.32 Å². The lowest BCUT2D eigenvalue weighted by atomic mass is 10.1. The highest BCUT2D eigenvalue weighted by Crippen LogP contribution is 2.21. The van der Waals surface area contributed by atoms with Crippen LogP contribution in [0.1, 0.15) is 19.4 Å². The van der Waals surface area contributed by atoms with Gasteiger partial charge in [0, 0.05) is 20.1 Å². The van der Waals surface area contributed by atoms with Gasteiger partial charge in [0.15, 0.2) is 0 Å². The first-order valence-corrected chi connectivity index (χ1v) is 10.2. The smallest absolute Gasteiger partial charge is 0.327 e. The predicted octanol–water partition coefficient (Wildman–Crippen LogP) is -0.0481. The summed E-state index contributed by atoms with van der Waals surface area (Å²) >= 11 is 0. The van der Waals surface area contributed by atoms with Gasteiger partial charge < -0.3 is 25.6 Å². The molecule has 2 unspecified atom stereocenters. The number of nitrogens with one attached hydrogen (secondary N) is 1. The highest BCUT2D eigenvalue weighted by Gasteiger charge is 2.47. The Kier molecular flexibility index (Phi) is 8.22. The number of imide groups is 1. The van der Waals surface area contributed by atoms with Crippen molar-refractivity contribution in [2.45, 2.75) is 38.1 Å². The van der Waals surface area contributed by atoms with Gasteiger partial charge in [-0.3, -0.25) is 19.3 Å². The third kappa shape index (κ3) is 5.56. The van der Waals surface area contributed by atoms with Crippen molar-refractivity contribution >= 4 is 36.2 Å². The van der Waals surface area contributed by atoms with Crippen LogP contribution in [-0.2, 0) is 25.7 Å². The van der Waals surface area contributed by atoms with Gasteiger partial charge in [-0.05, 0) is 19.4 Å². The van der Waals surface area contributed by atoms with E-state index >= 15 is 0 Å². The van der Waals surface area contributed by atoms with Gasteiger partial charge in [-0.25, -0.2) is 4.79 Å². The maximum atomic E-state index is 13.2. The summed E-state index contributed by atoms with van der Waals surface area (Å²) in [5.41, 5.74) is 5.63. The Morgan fingerprint density at radius 3 is 2.50 bits per heavy atom. The number of hydrogen-bond acceptors (Lipinski definition) is 6. The first kappa shape index (κ1) is 25.6. The summed E-state index contributed by atoms with van der Waals surface area (Å²) in [7, 11) is 1.43. The molecular formula is C21H30ClN5O5. The minimum absolute atomic E-state index is 0. The van der Waals surface area contributed by atoms with Crippen LogP contribution >= 0.6 is 12.4 Å². The summed E-state index contributed by atoms with van der Waals surface area (Å²) in [5, 5.41) is 2.67. The molecule has 0 spiro atoms. The zero-order valence-electron chi connectivity index (χ0n) is 18.4. The molecule has 2 aliphatic rings. The number of nitrogens with two attached hydrogens (primary N) is 1. The lowest BCUT2D eigenvalue weighted by molar-refractivity contribution is -0.142. The number of nitrogens with zero attached hydrogens (tertiary/aromatic N) is 3. The van der Waals surface area contributed by atoms with Gasteiger partial charge in [0.1, 0.15) is 12.1 Å². The maximum absolute atomic E-state index is 13.2. The number of rotatable bonds is 7. The molecule has 2 fully saturated rings. The number of amides is 5. The van der Waals surface area contributed by atoms with Crippen molar-refractivity contribution in [3.8, 4) is 0 Å². The fourth-order valence-electron chi connectivity index (χ4n) is 3.54. The Labute approximate surface area is 193 Å². The number of fused-ring (bicyclic) bond motifs is 1. The summed E-state index contributed by atoms with van der Waals surface area (Å²) in [5.74, 6) is -1.20. The molecule has 0 aromatic heterocycles. The van der Waals surface area contributed by atoms with E-state index in [1.807, 2.05) is 30.3 Å². The molecule has 0 radical (unpaired) electrons. The molecule has 2 heterocycles. The van der Waals surface area contributed by atoms with E-state index in [-0.39, 0.29) is 63.1 Å². The molecule has 2 saturated heterocycles. The quantitative estimate of drug-likeness (QED) is 0.542.